The van der Waals surface area contributed by atoms with Gasteiger partial charge in [0, 0.05) is 11.6 Å². The number of benzene rings is 2. The third kappa shape index (κ3) is 4.65. The molecule has 7 heteroatoms. The number of hydrogen-bond donors (Lipinski definition) is 1. The molecular weight excluding hydrogens is 372 g/mol. The van der Waals surface area contributed by atoms with Gasteiger partial charge < -0.3 is 5.32 Å². The average Bonchev–Trinajstić information content (AvgIpc) is 2.60. The van der Waals surface area contributed by atoms with Gasteiger partial charge in [-0.3, -0.25) is 9.10 Å². The van der Waals surface area contributed by atoms with Crippen LogP contribution in [0.4, 0.5) is 5.69 Å². The molecule has 0 spiro atoms. The number of halogens is 1. The van der Waals surface area contributed by atoms with Gasteiger partial charge in [-0.1, -0.05) is 41.4 Å². The minimum atomic E-state index is -3.94. The molecule has 5 nitrogen and oxygen atoms in total. The molecule has 1 amide bonds. The van der Waals surface area contributed by atoms with Crippen LogP contribution in [0.3, 0.4) is 0 Å². The molecule has 0 bridgehead atoms. The third-order valence-electron chi connectivity index (χ3n) is 3.78. The maximum absolute atomic E-state index is 13.2. The molecule has 1 N–H and O–H groups in total. The number of anilines is 1. The Balaban J connectivity index is 2.52. The predicted octanol–water partition coefficient (Wildman–Crippen LogP) is 3.45. The summed E-state index contributed by atoms with van der Waals surface area (Å²) in [5, 5.41) is 2.99. The summed E-state index contributed by atoms with van der Waals surface area (Å²) in [4.78, 5) is 12.3. The van der Waals surface area contributed by atoms with E-state index in [-0.39, 0.29) is 18.0 Å². The van der Waals surface area contributed by atoms with Gasteiger partial charge in [0.25, 0.3) is 10.0 Å². The quantitative estimate of drug-likeness (QED) is 0.734. The van der Waals surface area contributed by atoms with Crippen LogP contribution in [0.25, 0.3) is 0 Å². The van der Waals surface area contributed by atoms with E-state index in [0.29, 0.717) is 16.3 Å². The summed E-state index contributed by atoms with van der Waals surface area (Å²) >= 11 is 6.06. The van der Waals surface area contributed by atoms with Gasteiger partial charge in [-0.15, -0.1) is 6.58 Å². The smallest absolute Gasteiger partial charge is 0.264 e. The zero-order valence-electron chi connectivity index (χ0n) is 14.7. The third-order valence-corrected chi connectivity index (χ3v) is 5.79. The van der Waals surface area contributed by atoms with Crippen molar-refractivity contribution < 1.29 is 13.2 Å². The standard InChI is InChI=1S/C19H21ClN2O3S/c1-4-11-21-19(23)13-22(18-12-16(20)8-7-15(18)3)26(24,25)17-9-5-14(2)6-10-17/h4-10,12H,1,11,13H2,2-3H3,(H,21,23). The van der Waals surface area contributed by atoms with Crippen molar-refractivity contribution in [2.45, 2.75) is 18.7 Å². The van der Waals surface area contributed by atoms with Gasteiger partial charge in [0.05, 0.1) is 10.6 Å². The second-order valence-electron chi connectivity index (χ2n) is 5.85. The zero-order valence-corrected chi connectivity index (χ0v) is 16.3. The van der Waals surface area contributed by atoms with E-state index in [2.05, 4.69) is 11.9 Å². The topological polar surface area (TPSA) is 66.5 Å². The van der Waals surface area contributed by atoms with Gasteiger partial charge in [-0.25, -0.2) is 8.42 Å². The number of carbonyl (C=O) groups excluding carboxylic acids is 1. The zero-order chi connectivity index (χ0) is 19.3. The lowest BCUT2D eigenvalue weighted by Gasteiger charge is -2.25. The monoisotopic (exact) mass is 392 g/mol. The molecule has 0 aliphatic heterocycles. The van der Waals surface area contributed by atoms with Crippen LogP contribution in [0.2, 0.25) is 5.02 Å². The van der Waals surface area contributed by atoms with Gasteiger partial charge in [0.1, 0.15) is 6.54 Å². The molecule has 0 aromatic heterocycles. The molecule has 0 atom stereocenters. The molecule has 2 aromatic rings. The summed E-state index contributed by atoms with van der Waals surface area (Å²) in [6, 6.07) is 11.4. The average molecular weight is 393 g/mol. The highest BCUT2D eigenvalue weighted by Crippen LogP contribution is 2.29. The van der Waals surface area contributed by atoms with Crippen LogP contribution in [0, 0.1) is 13.8 Å². The first-order valence-electron chi connectivity index (χ1n) is 7.99. The van der Waals surface area contributed by atoms with Crippen LogP contribution in [-0.2, 0) is 14.8 Å². The number of carbonyl (C=O) groups is 1. The van der Waals surface area contributed by atoms with Crippen LogP contribution in [0.15, 0.2) is 60.0 Å². The fourth-order valence-corrected chi connectivity index (χ4v) is 4.00. The molecule has 0 saturated carbocycles. The Morgan fingerprint density at radius 2 is 1.85 bits per heavy atom. The highest BCUT2D eigenvalue weighted by Gasteiger charge is 2.28. The van der Waals surface area contributed by atoms with E-state index in [4.69, 9.17) is 11.6 Å². The summed E-state index contributed by atoms with van der Waals surface area (Å²) in [5.41, 5.74) is 2.01. The molecular formula is C19H21ClN2O3S. The number of sulfonamides is 1. The van der Waals surface area contributed by atoms with Crippen LogP contribution < -0.4 is 9.62 Å². The summed E-state index contributed by atoms with van der Waals surface area (Å²) in [6.45, 7) is 7.08. The minimum Gasteiger partial charge on any atom is -0.351 e. The lowest BCUT2D eigenvalue weighted by molar-refractivity contribution is -0.119. The normalized spacial score (nSPS) is 11.0. The Morgan fingerprint density at radius 1 is 1.19 bits per heavy atom. The summed E-state index contributed by atoms with van der Waals surface area (Å²) in [6.07, 6.45) is 1.53. The second kappa shape index (κ2) is 8.38. The maximum Gasteiger partial charge on any atom is 0.264 e. The van der Waals surface area contributed by atoms with Gasteiger partial charge in [0.15, 0.2) is 0 Å². The molecule has 0 aliphatic carbocycles. The Hall–Kier alpha value is -2.31. The van der Waals surface area contributed by atoms with Crippen molar-refractivity contribution in [2.24, 2.45) is 0 Å². The number of nitrogens with zero attached hydrogens (tertiary/aromatic N) is 1. The number of nitrogens with one attached hydrogen (secondary N) is 1. The van der Waals surface area contributed by atoms with Crippen molar-refractivity contribution in [3.8, 4) is 0 Å². The van der Waals surface area contributed by atoms with Gasteiger partial charge in [-0.05, 0) is 43.7 Å². The van der Waals surface area contributed by atoms with E-state index in [1.54, 1.807) is 37.3 Å². The largest absolute Gasteiger partial charge is 0.351 e. The highest BCUT2D eigenvalue weighted by molar-refractivity contribution is 7.92. The van der Waals surface area contributed by atoms with Crippen LogP contribution in [0.5, 0.6) is 0 Å². The second-order valence-corrected chi connectivity index (χ2v) is 8.15. The fourth-order valence-electron chi connectivity index (χ4n) is 2.36. The molecule has 0 heterocycles. The van der Waals surface area contributed by atoms with Gasteiger partial charge >= 0.3 is 0 Å². The first-order valence-corrected chi connectivity index (χ1v) is 9.80. The van der Waals surface area contributed by atoms with Crippen LogP contribution in [-0.4, -0.2) is 27.4 Å². The van der Waals surface area contributed by atoms with Crippen molar-refractivity contribution in [1.82, 2.24) is 5.32 Å². The highest BCUT2D eigenvalue weighted by atomic mass is 35.5. The Labute approximate surface area is 159 Å². The minimum absolute atomic E-state index is 0.110. The number of amides is 1. The molecule has 0 unspecified atom stereocenters. The predicted molar refractivity (Wildman–Crippen MR) is 105 cm³/mol. The molecule has 2 aromatic carbocycles. The number of hydrogen-bond acceptors (Lipinski definition) is 3. The maximum atomic E-state index is 13.2. The van der Waals surface area contributed by atoms with Crippen molar-refractivity contribution in [2.75, 3.05) is 17.4 Å². The molecule has 26 heavy (non-hydrogen) atoms. The lowest BCUT2D eigenvalue weighted by atomic mass is 10.2. The van der Waals surface area contributed by atoms with Crippen LogP contribution in [0.1, 0.15) is 11.1 Å². The SMILES string of the molecule is C=CCNC(=O)CN(c1cc(Cl)ccc1C)S(=O)(=O)c1ccc(C)cc1. The van der Waals surface area contributed by atoms with Crippen LogP contribution >= 0.6 is 11.6 Å². The fraction of sp³-hybridized carbons (Fsp3) is 0.211. The van der Waals surface area contributed by atoms with Crippen molar-refractivity contribution >= 4 is 33.2 Å². The van der Waals surface area contributed by atoms with E-state index in [9.17, 15) is 13.2 Å². The lowest BCUT2D eigenvalue weighted by Crippen LogP contribution is -2.41. The Kier molecular flexibility index (Phi) is 6.45. The summed E-state index contributed by atoms with van der Waals surface area (Å²) in [7, 11) is -3.94. The Bertz CT molecular complexity index is 909. The van der Waals surface area contributed by atoms with E-state index in [1.165, 1.54) is 18.2 Å². The summed E-state index contributed by atoms with van der Waals surface area (Å²) in [5.74, 6) is -0.431. The van der Waals surface area contributed by atoms with E-state index in [1.807, 2.05) is 6.92 Å². The Morgan fingerprint density at radius 3 is 2.46 bits per heavy atom. The molecule has 2 rings (SSSR count). The molecule has 0 radical (unpaired) electrons. The number of rotatable bonds is 7. The van der Waals surface area contributed by atoms with E-state index in [0.717, 1.165) is 9.87 Å². The van der Waals surface area contributed by atoms with Gasteiger partial charge in [-0.2, -0.15) is 0 Å². The van der Waals surface area contributed by atoms with Crippen molar-refractivity contribution in [3.05, 3.63) is 71.3 Å². The number of aryl methyl sites for hydroxylation is 2. The van der Waals surface area contributed by atoms with E-state index < -0.39 is 15.9 Å². The first kappa shape index (κ1) is 20.0. The molecule has 0 aliphatic rings. The molecule has 0 saturated heterocycles. The van der Waals surface area contributed by atoms with Gasteiger partial charge in [0.2, 0.25) is 5.91 Å². The first-order chi connectivity index (χ1) is 12.3. The van der Waals surface area contributed by atoms with E-state index >= 15 is 0 Å². The van der Waals surface area contributed by atoms with Crippen molar-refractivity contribution in [1.29, 1.82) is 0 Å². The summed E-state index contributed by atoms with van der Waals surface area (Å²) < 4.78 is 27.5. The molecule has 0 fully saturated rings. The molecule has 138 valence electrons. The van der Waals surface area contributed by atoms with Crippen molar-refractivity contribution in [3.63, 3.8) is 0 Å².